The van der Waals surface area contributed by atoms with E-state index in [1.165, 1.54) is 0 Å². The topological polar surface area (TPSA) is 74.3 Å². The van der Waals surface area contributed by atoms with Crippen molar-refractivity contribution >= 4 is 52.9 Å². The summed E-state index contributed by atoms with van der Waals surface area (Å²) in [7, 11) is 0. The average Bonchev–Trinajstić information content (AvgIpc) is 2.81. The van der Waals surface area contributed by atoms with Crippen molar-refractivity contribution in [1.82, 2.24) is 4.98 Å². The first-order valence-electron chi connectivity index (χ1n) is 10.2. The maximum absolute atomic E-state index is 12.9. The summed E-state index contributed by atoms with van der Waals surface area (Å²) in [4.78, 5) is 32.0. The van der Waals surface area contributed by atoms with Crippen molar-refractivity contribution in [2.45, 2.75) is 12.8 Å². The zero-order valence-electron chi connectivity index (χ0n) is 17.3. The molecule has 1 aliphatic heterocycles. The fourth-order valence-electron chi connectivity index (χ4n) is 3.71. The Labute approximate surface area is 198 Å². The molecule has 8 heteroatoms. The lowest BCUT2D eigenvalue weighted by molar-refractivity contribution is -0.120. The second-order valence-electron chi connectivity index (χ2n) is 7.46. The Kier molecular flexibility index (Phi) is 8.09. The number of pyridine rings is 1. The summed E-state index contributed by atoms with van der Waals surface area (Å²) in [5.74, 6) is -0.433. The standard InChI is InChI=1S/C24H23ClN4O2.ClH/c25-18-5-7-19(8-6-18)27-24(31)21-3-1-2-4-22(21)28-23(30)17-11-15-29(16-12-17)20-9-13-26-14-10-20;/h1-10,13-14,17H,11-12,15-16H2,(H,27,31)(H,28,30);1H. The number of amides is 2. The van der Waals surface area contributed by atoms with Crippen molar-refractivity contribution in [3.8, 4) is 0 Å². The van der Waals surface area contributed by atoms with Gasteiger partial charge in [-0.2, -0.15) is 0 Å². The monoisotopic (exact) mass is 470 g/mol. The number of carbonyl (C=O) groups is 2. The minimum absolute atomic E-state index is 0. The molecule has 0 unspecified atom stereocenters. The van der Waals surface area contributed by atoms with Gasteiger partial charge in [0.2, 0.25) is 5.91 Å². The number of hydrogen-bond donors (Lipinski definition) is 2. The van der Waals surface area contributed by atoms with Crippen molar-refractivity contribution in [2.24, 2.45) is 5.92 Å². The van der Waals surface area contributed by atoms with E-state index in [1.54, 1.807) is 60.9 Å². The smallest absolute Gasteiger partial charge is 0.257 e. The summed E-state index contributed by atoms with van der Waals surface area (Å²) >= 11 is 5.90. The van der Waals surface area contributed by atoms with E-state index in [9.17, 15) is 9.59 Å². The van der Waals surface area contributed by atoms with Gasteiger partial charge in [-0.15, -0.1) is 12.4 Å². The zero-order valence-corrected chi connectivity index (χ0v) is 18.9. The molecule has 0 spiro atoms. The van der Waals surface area contributed by atoms with Gasteiger partial charge < -0.3 is 15.5 Å². The number of aromatic nitrogens is 1. The van der Waals surface area contributed by atoms with Crippen molar-refractivity contribution < 1.29 is 9.59 Å². The molecule has 6 nitrogen and oxygen atoms in total. The lowest BCUT2D eigenvalue weighted by Crippen LogP contribution is -2.38. The Morgan fingerprint density at radius 1 is 0.906 bits per heavy atom. The second-order valence-corrected chi connectivity index (χ2v) is 7.90. The molecular formula is C24H24Cl2N4O2. The van der Waals surface area contributed by atoms with E-state index >= 15 is 0 Å². The van der Waals surface area contributed by atoms with Gasteiger partial charge >= 0.3 is 0 Å². The molecule has 0 radical (unpaired) electrons. The highest BCUT2D eigenvalue weighted by molar-refractivity contribution is 6.30. The van der Waals surface area contributed by atoms with Gasteiger partial charge in [0.15, 0.2) is 0 Å². The molecule has 2 heterocycles. The van der Waals surface area contributed by atoms with Crippen LogP contribution in [0.5, 0.6) is 0 Å². The third-order valence-electron chi connectivity index (χ3n) is 5.43. The molecule has 1 aromatic heterocycles. The Hall–Kier alpha value is -3.09. The number of piperidine rings is 1. The number of nitrogens with one attached hydrogen (secondary N) is 2. The van der Waals surface area contributed by atoms with Crippen LogP contribution in [0.1, 0.15) is 23.2 Å². The third kappa shape index (κ3) is 5.78. The van der Waals surface area contributed by atoms with Crippen LogP contribution in [0.3, 0.4) is 0 Å². The SMILES string of the molecule is Cl.O=C(Nc1ccc(Cl)cc1)c1ccccc1NC(=O)C1CCN(c2ccncc2)CC1. The highest BCUT2D eigenvalue weighted by Crippen LogP contribution is 2.25. The molecule has 0 atom stereocenters. The van der Waals surface area contributed by atoms with Gasteiger partial charge in [-0.25, -0.2) is 0 Å². The molecule has 1 fully saturated rings. The van der Waals surface area contributed by atoms with Gasteiger partial charge in [0, 0.05) is 47.8 Å². The van der Waals surface area contributed by atoms with E-state index in [4.69, 9.17) is 11.6 Å². The van der Waals surface area contributed by atoms with Crippen LogP contribution in [0.2, 0.25) is 5.02 Å². The van der Waals surface area contributed by atoms with Crippen molar-refractivity contribution in [3.05, 3.63) is 83.6 Å². The molecule has 2 aromatic carbocycles. The highest BCUT2D eigenvalue weighted by Gasteiger charge is 2.26. The summed E-state index contributed by atoms with van der Waals surface area (Å²) < 4.78 is 0. The third-order valence-corrected chi connectivity index (χ3v) is 5.68. The zero-order chi connectivity index (χ0) is 21.6. The molecule has 2 N–H and O–H groups in total. The number of anilines is 3. The number of hydrogen-bond acceptors (Lipinski definition) is 4. The molecule has 0 saturated carbocycles. The quantitative estimate of drug-likeness (QED) is 0.532. The van der Waals surface area contributed by atoms with Crippen LogP contribution in [0, 0.1) is 5.92 Å². The lowest BCUT2D eigenvalue weighted by atomic mass is 9.95. The van der Waals surface area contributed by atoms with Crippen LogP contribution in [-0.4, -0.2) is 29.9 Å². The Morgan fingerprint density at radius 2 is 1.56 bits per heavy atom. The Balaban J connectivity index is 0.00000289. The van der Waals surface area contributed by atoms with Crippen LogP contribution >= 0.6 is 24.0 Å². The summed E-state index contributed by atoms with van der Waals surface area (Å²) in [5, 5.41) is 6.40. The molecule has 32 heavy (non-hydrogen) atoms. The van der Waals surface area contributed by atoms with Crippen molar-refractivity contribution in [1.29, 1.82) is 0 Å². The van der Waals surface area contributed by atoms with E-state index in [-0.39, 0.29) is 30.1 Å². The summed E-state index contributed by atoms with van der Waals surface area (Å²) in [6, 6.07) is 17.9. The second kappa shape index (κ2) is 11.0. The van der Waals surface area contributed by atoms with Crippen LogP contribution in [0.4, 0.5) is 17.1 Å². The van der Waals surface area contributed by atoms with Crippen molar-refractivity contribution in [2.75, 3.05) is 28.6 Å². The molecule has 0 aliphatic carbocycles. The molecule has 1 saturated heterocycles. The fraction of sp³-hybridized carbons (Fsp3) is 0.208. The number of para-hydroxylation sites is 1. The van der Waals surface area contributed by atoms with Gasteiger partial charge in [0.25, 0.3) is 5.91 Å². The van der Waals surface area contributed by atoms with E-state index in [2.05, 4.69) is 20.5 Å². The van der Waals surface area contributed by atoms with E-state index in [0.29, 0.717) is 22.0 Å². The van der Waals surface area contributed by atoms with Gasteiger partial charge in [-0.3, -0.25) is 14.6 Å². The molecule has 2 amide bonds. The van der Waals surface area contributed by atoms with Gasteiger partial charge in [-0.05, 0) is 61.4 Å². The molecule has 3 aromatic rings. The molecule has 1 aliphatic rings. The van der Waals surface area contributed by atoms with Gasteiger partial charge in [0.1, 0.15) is 0 Å². The fourth-order valence-corrected chi connectivity index (χ4v) is 3.84. The number of halogens is 2. The van der Waals surface area contributed by atoms with Crippen LogP contribution < -0.4 is 15.5 Å². The molecular weight excluding hydrogens is 447 g/mol. The summed E-state index contributed by atoms with van der Waals surface area (Å²) in [6.45, 7) is 1.61. The first-order valence-corrected chi connectivity index (χ1v) is 10.6. The maximum Gasteiger partial charge on any atom is 0.257 e. The minimum atomic E-state index is -0.286. The number of carbonyl (C=O) groups excluding carboxylic acids is 2. The van der Waals surface area contributed by atoms with E-state index in [0.717, 1.165) is 31.6 Å². The molecule has 166 valence electrons. The number of rotatable bonds is 5. The number of nitrogens with zero attached hydrogens (tertiary/aromatic N) is 2. The van der Waals surface area contributed by atoms with Crippen LogP contribution in [0.15, 0.2) is 73.1 Å². The highest BCUT2D eigenvalue weighted by atomic mass is 35.5. The average molecular weight is 471 g/mol. The lowest BCUT2D eigenvalue weighted by Gasteiger charge is -2.33. The van der Waals surface area contributed by atoms with E-state index < -0.39 is 0 Å². The first-order chi connectivity index (χ1) is 15.1. The van der Waals surface area contributed by atoms with Crippen LogP contribution in [-0.2, 0) is 4.79 Å². The normalized spacial score (nSPS) is 13.7. The largest absolute Gasteiger partial charge is 0.371 e. The minimum Gasteiger partial charge on any atom is -0.371 e. The predicted octanol–water partition coefficient (Wildman–Crippen LogP) is 5.26. The molecule has 4 rings (SSSR count). The summed E-state index contributed by atoms with van der Waals surface area (Å²) in [6.07, 6.45) is 5.07. The molecule has 0 bridgehead atoms. The maximum atomic E-state index is 12.9. The Morgan fingerprint density at radius 3 is 2.25 bits per heavy atom. The van der Waals surface area contributed by atoms with Crippen LogP contribution in [0.25, 0.3) is 0 Å². The number of benzene rings is 2. The summed E-state index contributed by atoms with van der Waals surface area (Å²) in [5.41, 5.74) is 2.69. The Bertz CT molecular complexity index is 1050. The van der Waals surface area contributed by atoms with E-state index in [1.807, 2.05) is 12.1 Å². The predicted molar refractivity (Wildman–Crippen MR) is 131 cm³/mol. The first kappa shape index (κ1) is 23.6. The van der Waals surface area contributed by atoms with Gasteiger partial charge in [-0.1, -0.05) is 23.7 Å². The van der Waals surface area contributed by atoms with Gasteiger partial charge in [0.05, 0.1) is 11.3 Å². The van der Waals surface area contributed by atoms with Crippen molar-refractivity contribution in [3.63, 3.8) is 0 Å².